The lowest BCUT2D eigenvalue weighted by atomic mass is 10.0. The van der Waals surface area contributed by atoms with Crippen LogP contribution in [0.3, 0.4) is 0 Å². The van der Waals surface area contributed by atoms with Gasteiger partial charge in [-0.1, -0.05) is 54.6 Å². The standard InChI is InChI=1S/C30H35FN2O3/c1-30(2,3)36-15-7-14-32-19-20-10-11-23-18-27(34)28(25(23)16-20)33-29(35)24-13-12-22(17-26(24)31)21-8-5-4-6-9-21/h4-6,8-13,16-17,27-28,32,34H,7,14-15,18-19H2,1-3H3,(H,33,35)/t27-,28-/m1/s1. The van der Waals surface area contributed by atoms with Crippen LogP contribution in [0.15, 0.2) is 66.7 Å². The number of nitrogens with one attached hydrogen (secondary N) is 2. The summed E-state index contributed by atoms with van der Waals surface area (Å²) in [6.07, 6.45) is 0.607. The molecule has 0 saturated carbocycles. The van der Waals surface area contributed by atoms with E-state index in [-0.39, 0.29) is 11.2 Å². The van der Waals surface area contributed by atoms with Gasteiger partial charge in [0.25, 0.3) is 5.91 Å². The number of benzene rings is 3. The van der Waals surface area contributed by atoms with Crippen molar-refractivity contribution >= 4 is 5.91 Å². The topological polar surface area (TPSA) is 70.6 Å². The van der Waals surface area contributed by atoms with Crippen LogP contribution in [0.2, 0.25) is 0 Å². The van der Waals surface area contributed by atoms with Crippen LogP contribution in [0.1, 0.15) is 60.3 Å². The van der Waals surface area contributed by atoms with Gasteiger partial charge >= 0.3 is 0 Å². The van der Waals surface area contributed by atoms with Crippen LogP contribution in [0.25, 0.3) is 11.1 Å². The average Bonchev–Trinajstić information content (AvgIpc) is 3.15. The van der Waals surface area contributed by atoms with E-state index in [1.54, 1.807) is 6.07 Å². The van der Waals surface area contributed by atoms with Crippen LogP contribution >= 0.6 is 0 Å². The summed E-state index contributed by atoms with van der Waals surface area (Å²) >= 11 is 0. The van der Waals surface area contributed by atoms with Gasteiger partial charge in [0, 0.05) is 19.6 Å². The van der Waals surface area contributed by atoms with Crippen LogP contribution in [-0.2, 0) is 17.7 Å². The molecule has 6 heteroatoms. The minimum Gasteiger partial charge on any atom is -0.390 e. The highest BCUT2D eigenvalue weighted by atomic mass is 19.1. The Labute approximate surface area is 212 Å². The number of hydrogen-bond donors (Lipinski definition) is 3. The first-order valence-electron chi connectivity index (χ1n) is 12.5. The molecule has 5 nitrogen and oxygen atoms in total. The largest absolute Gasteiger partial charge is 0.390 e. The second kappa shape index (κ2) is 11.3. The van der Waals surface area contributed by atoms with Gasteiger partial charge in [-0.3, -0.25) is 4.79 Å². The Morgan fingerprint density at radius 2 is 1.83 bits per heavy atom. The summed E-state index contributed by atoms with van der Waals surface area (Å²) in [6.45, 7) is 8.33. The zero-order valence-electron chi connectivity index (χ0n) is 21.2. The predicted molar refractivity (Wildman–Crippen MR) is 140 cm³/mol. The lowest BCUT2D eigenvalue weighted by Crippen LogP contribution is -2.34. The van der Waals surface area contributed by atoms with Crippen molar-refractivity contribution in [3.8, 4) is 11.1 Å². The van der Waals surface area contributed by atoms with Crippen molar-refractivity contribution < 1.29 is 19.0 Å². The Kier molecular flexibility index (Phi) is 8.19. The Morgan fingerprint density at radius 3 is 2.56 bits per heavy atom. The molecule has 0 fully saturated rings. The van der Waals surface area contributed by atoms with Crippen molar-refractivity contribution in [3.63, 3.8) is 0 Å². The Bertz CT molecular complexity index is 1190. The highest BCUT2D eigenvalue weighted by Crippen LogP contribution is 2.33. The summed E-state index contributed by atoms with van der Waals surface area (Å²) in [5, 5.41) is 16.9. The van der Waals surface area contributed by atoms with Gasteiger partial charge in [0.05, 0.1) is 23.3 Å². The molecule has 0 aliphatic heterocycles. The van der Waals surface area contributed by atoms with Crippen molar-refractivity contribution in [2.75, 3.05) is 13.2 Å². The molecule has 190 valence electrons. The summed E-state index contributed by atoms with van der Waals surface area (Å²) in [5.74, 6) is -1.12. The Balaban J connectivity index is 1.38. The molecule has 0 spiro atoms. The van der Waals surface area contributed by atoms with E-state index in [4.69, 9.17) is 4.74 Å². The van der Waals surface area contributed by atoms with Crippen molar-refractivity contribution in [3.05, 3.63) is 94.8 Å². The third-order valence-electron chi connectivity index (χ3n) is 6.33. The number of aliphatic hydroxyl groups is 1. The number of rotatable bonds is 9. The van der Waals surface area contributed by atoms with E-state index in [1.165, 1.54) is 12.1 Å². The van der Waals surface area contributed by atoms with Crippen molar-refractivity contribution in [2.45, 2.75) is 57.9 Å². The third-order valence-corrected chi connectivity index (χ3v) is 6.33. The molecule has 0 unspecified atom stereocenters. The molecule has 0 aromatic heterocycles. The van der Waals surface area contributed by atoms with Crippen LogP contribution in [0.4, 0.5) is 4.39 Å². The molecule has 1 aliphatic carbocycles. The van der Waals surface area contributed by atoms with Crippen molar-refractivity contribution in [1.82, 2.24) is 10.6 Å². The molecule has 1 amide bonds. The average molecular weight is 491 g/mol. The quantitative estimate of drug-likeness (QED) is 0.362. The number of aliphatic hydroxyl groups excluding tert-OH is 1. The summed E-state index contributed by atoms with van der Waals surface area (Å²) in [5.41, 5.74) is 4.36. The predicted octanol–water partition coefficient (Wildman–Crippen LogP) is 5.18. The molecular weight excluding hydrogens is 455 g/mol. The van der Waals surface area contributed by atoms with E-state index in [0.717, 1.165) is 35.2 Å². The third kappa shape index (κ3) is 6.58. The maximum atomic E-state index is 14.9. The number of halogens is 1. The first-order chi connectivity index (χ1) is 17.2. The SMILES string of the molecule is CC(C)(C)OCCCNCc1ccc2c(c1)[C@@H](NC(=O)c1ccc(-c3ccccc3)cc1F)[C@H](O)C2. The fourth-order valence-corrected chi connectivity index (χ4v) is 4.49. The van der Waals surface area contributed by atoms with Crippen LogP contribution in [0, 0.1) is 5.82 Å². The van der Waals surface area contributed by atoms with Crippen LogP contribution in [-0.4, -0.2) is 35.9 Å². The van der Waals surface area contributed by atoms with Gasteiger partial charge in [0.15, 0.2) is 0 Å². The highest BCUT2D eigenvalue weighted by Gasteiger charge is 2.33. The van der Waals surface area contributed by atoms with Gasteiger partial charge in [-0.05, 0) is 73.7 Å². The summed E-state index contributed by atoms with van der Waals surface area (Å²) in [7, 11) is 0. The lowest BCUT2D eigenvalue weighted by molar-refractivity contribution is -0.00380. The lowest BCUT2D eigenvalue weighted by Gasteiger charge is -2.20. The molecule has 3 aromatic rings. The van der Waals surface area contributed by atoms with Gasteiger partial charge < -0.3 is 20.5 Å². The maximum Gasteiger partial charge on any atom is 0.254 e. The van der Waals surface area contributed by atoms with E-state index in [1.807, 2.05) is 69.3 Å². The Morgan fingerprint density at radius 1 is 1.06 bits per heavy atom. The second-order valence-electron chi connectivity index (χ2n) is 10.3. The molecule has 36 heavy (non-hydrogen) atoms. The minimum absolute atomic E-state index is 0.0365. The Hall–Kier alpha value is -3.06. The first kappa shape index (κ1) is 26.0. The van der Waals surface area contributed by atoms with E-state index in [9.17, 15) is 14.3 Å². The van der Waals surface area contributed by atoms with E-state index in [2.05, 4.69) is 10.6 Å². The van der Waals surface area contributed by atoms with Crippen molar-refractivity contribution in [2.24, 2.45) is 0 Å². The molecule has 0 radical (unpaired) electrons. The molecule has 1 aliphatic rings. The molecule has 3 aromatic carbocycles. The first-order valence-corrected chi connectivity index (χ1v) is 12.5. The maximum absolute atomic E-state index is 14.9. The number of hydrogen-bond acceptors (Lipinski definition) is 4. The normalized spacial score (nSPS) is 17.1. The van der Waals surface area contributed by atoms with Gasteiger partial charge in [-0.15, -0.1) is 0 Å². The molecule has 0 bridgehead atoms. The van der Waals surface area contributed by atoms with E-state index in [0.29, 0.717) is 25.1 Å². The minimum atomic E-state index is -0.756. The zero-order chi connectivity index (χ0) is 25.7. The van der Waals surface area contributed by atoms with Crippen LogP contribution < -0.4 is 10.6 Å². The molecule has 0 heterocycles. The second-order valence-corrected chi connectivity index (χ2v) is 10.3. The monoisotopic (exact) mass is 490 g/mol. The van der Waals surface area contributed by atoms with Gasteiger partial charge in [-0.2, -0.15) is 0 Å². The van der Waals surface area contributed by atoms with Crippen molar-refractivity contribution in [1.29, 1.82) is 0 Å². The smallest absolute Gasteiger partial charge is 0.254 e. The fourth-order valence-electron chi connectivity index (χ4n) is 4.49. The van der Waals surface area contributed by atoms with Crippen LogP contribution in [0.5, 0.6) is 0 Å². The molecule has 0 saturated heterocycles. The summed E-state index contributed by atoms with van der Waals surface area (Å²) in [6, 6.07) is 19.5. The number of carbonyl (C=O) groups is 1. The number of amides is 1. The van der Waals surface area contributed by atoms with Gasteiger partial charge in [-0.25, -0.2) is 4.39 Å². The van der Waals surface area contributed by atoms with Gasteiger partial charge in [0.1, 0.15) is 5.82 Å². The molecular formula is C30H35FN2O3. The van der Waals surface area contributed by atoms with Gasteiger partial charge in [0.2, 0.25) is 0 Å². The fraction of sp³-hybridized carbons (Fsp3) is 0.367. The molecule has 3 N–H and O–H groups in total. The van der Waals surface area contributed by atoms with E-state index < -0.39 is 23.9 Å². The highest BCUT2D eigenvalue weighted by molar-refractivity contribution is 5.95. The zero-order valence-corrected chi connectivity index (χ0v) is 21.2. The number of fused-ring (bicyclic) bond motifs is 1. The summed E-state index contributed by atoms with van der Waals surface area (Å²) < 4.78 is 20.6. The molecule has 2 atom stereocenters. The van der Waals surface area contributed by atoms with E-state index >= 15 is 0 Å². The number of carbonyl (C=O) groups excluding carboxylic acids is 1. The summed E-state index contributed by atoms with van der Waals surface area (Å²) in [4.78, 5) is 13.0. The molecule has 4 rings (SSSR count). The number of ether oxygens (including phenoxy) is 1.